The Bertz CT molecular complexity index is 672. The molecule has 0 aliphatic carbocycles. The molecule has 22 heavy (non-hydrogen) atoms. The molecule has 0 atom stereocenters. The smallest absolute Gasteiger partial charge is 0.319 e. The molecule has 0 saturated carbocycles. The third kappa shape index (κ3) is 3.82. The molecule has 2 amide bonds. The molecule has 8 heteroatoms. The van der Waals surface area contributed by atoms with E-state index in [9.17, 15) is 4.79 Å². The van der Waals surface area contributed by atoms with Crippen molar-refractivity contribution < 1.29 is 18.8 Å². The zero-order chi connectivity index (χ0) is 16.1. The van der Waals surface area contributed by atoms with Gasteiger partial charge < -0.3 is 24.6 Å². The molecule has 118 valence electrons. The summed E-state index contributed by atoms with van der Waals surface area (Å²) in [6.45, 7) is 2.02. The first kappa shape index (κ1) is 16.0. The van der Waals surface area contributed by atoms with Crippen molar-refractivity contribution >= 4 is 23.3 Å². The molecule has 1 aromatic carbocycles. The maximum atomic E-state index is 11.9. The topological polar surface area (TPSA) is 85.6 Å². The molecule has 0 bridgehead atoms. The van der Waals surface area contributed by atoms with Crippen LogP contribution in [0, 0.1) is 6.92 Å². The Morgan fingerprint density at radius 2 is 1.95 bits per heavy atom. The van der Waals surface area contributed by atoms with Gasteiger partial charge in [0.1, 0.15) is 11.5 Å². The van der Waals surface area contributed by atoms with Crippen molar-refractivity contribution in [2.75, 3.05) is 19.5 Å². The quantitative estimate of drug-likeness (QED) is 0.882. The Morgan fingerprint density at radius 3 is 2.55 bits per heavy atom. The van der Waals surface area contributed by atoms with Crippen LogP contribution in [-0.2, 0) is 6.54 Å². The Morgan fingerprint density at radius 1 is 1.27 bits per heavy atom. The molecule has 0 radical (unpaired) electrons. The van der Waals surface area contributed by atoms with E-state index in [0.29, 0.717) is 33.7 Å². The van der Waals surface area contributed by atoms with Crippen molar-refractivity contribution in [2.45, 2.75) is 13.5 Å². The fraction of sp³-hybridized carbons (Fsp3) is 0.286. The minimum Gasteiger partial charge on any atom is -0.493 e. The van der Waals surface area contributed by atoms with Gasteiger partial charge in [-0.1, -0.05) is 16.8 Å². The Labute approximate surface area is 132 Å². The average Bonchev–Trinajstić information content (AvgIpc) is 2.92. The van der Waals surface area contributed by atoms with Crippen molar-refractivity contribution in [3.8, 4) is 11.5 Å². The number of anilines is 1. The van der Waals surface area contributed by atoms with Crippen LogP contribution in [0.25, 0.3) is 0 Å². The zero-order valence-electron chi connectivity index (χ0n) is 12.4. The molecule has 2 aromatic rings. The summed E-state index contributed by atoms with van der Waals surface area (Å²) in [5, 5.41) is 9.41. The summed E-state index contributed by atoms with van der Waals surface area (Å²) in [5.41, 5.74) is 1.04. The molecule has 0 unspecified atom stereocenters. The number of ether oxygens (including phenoxy) is 2. The van der Waals surface area contributed by atoms with Crippen LogP contribution in [0.15, 0.2) is 22.7 Å². The first-order valence-electron chi connectivity index (χ1n) is 6.42. The van der Waals surface area contributed by atoms with E-state index < -0.39 is 6.03 Å². The van der Waals surface area contributed by atoms with E-state index in [4.69, 9.17) is 25.6 Å². The molecular weight excluding hydrogens is 310 g/mol. The van der Waals surface area contributed by atoms with E-state index in [2.05, 4.69) is 15.8 Å². The molecule has 0 aliphatic rings. The lowest BCUT2D eigenvalue weighted by Crippen LogP contribution is -2.28. The van der Waals surface area contributed by atoms with Gasteiger partial charge in [-0.3, -0.25) is 0 Å². The van der Waals surface area contributed by atoms with Crippen molar-refractivity contribution in [2.24, 2.45) is 0 Å². The summed E-state index contributed by atoms with van der Waals surface area (Å²) in [6, 6.07) is 4.47. The molecule has 2 rings (SSSR count). The number of carbonyl (C=O) groups is 1. The van der Waals surface area contributed by atoms with Crippen molar-refractivity contribution in [1.29, 1.82) is 0 Å². The lowest BCUT2D eigenvalue weighted by Gasteiger charge is -2.12. The summed E-state index contributed by atoms with van der Waals surface area (Å²) >= 11 is 6.10. The molecule has 7 nitrogen and oxygen atoms in total. The molecule has 0 fully saturated rings. The van der Waals surface area contributed by atoms with E-state index in [0.717, 1.165) is 0 Å². The van der Waals surface area contributed by atoms with Gasteiger partial charge in [0.05, 0.1) is 31.5 Å². The summed E-state index contributed by atoms with van der Waals surface area (Å²) in [7, 11) is 3.01. The fourth-order valence-electron chi connectivity index (χ4n) is 1.79. The van der Waals surface area contributed by atoms with Gasteiger partial charge in [0.2, 0.25) is 0 Å². The first-order chi connectivity index (χ1) is 10.5. The standard InChI is InChI=1S/C14H16ClN3O4/c1-8-4-9(18-22-8)7-16-14(19)17-11-6-13(21-3)12(20-2)5-10(11)15/h4-6H,7H2,1-3H3,(H2,16,17,19). The van der Waals surface area contributed by atoms with Gasteiger partial charge in [-0.2, -0.15) is 0 Å². The minimum absolute atomic E-state index is 0.244. The summed E-state index contributed by atoms with van der Waals surface area (Å²) < 4.78 is 15.2. The van der Waals surface area contributed by atoms with Crippen LogP contribution in [0.1, 0.15) is 11.5 Å². The number of urea groups is 1. The van der Waals surface area contributed by atoms with Gasteiger partial charge >= 0.3 is 6.03 Å². The van der Waals surface area contributed by atoms with Crippen LogP contribution in [0.2, 0.25) is 5.02 Å². The molecule has 1 aromatic heterocycles. The van der Waals surface area contributed by atoms with Gasteiger partial charge in [0.25, 0.3) is 0 Å². The van der Waals surface area contributed by atoms with Crippen LogP contribution in [-0.4, -0.2) is 25.4 Å². The highest BCUT2D eigenvalue weighted by atomic mass is 35.5. The van der Waals surface area contributed by atoms with Crippen LogP contribution >= 0.6 is 11.6 Å². The molecule has 0 saturated heterocycles. The largest absolute Gasteiger partial charge is 0.493 e. The maximum Gasteiger partial charge on any atom is 0.319 e. The summed E-state index contributed by atoms with van der Waals surface area (Å²) in [4.78, 5) is 11.9. The lowest BCUT2D eigenvalue weighted by atomic mass is 10.2. The van der Waals surface area contributed by atoms with E-state index in [1.807, 2.05) is 0 Å². The van der Waals surface area contributed by atoms with E-state index in [-0.39, 0.29) is 6.54 Å². The molecule has 0 aliphatic heterocycles. The van der Waals surface area contributed by atoms with Crippen LogP contribution < -0.4 is 20.1 Å². The Balaban J connectivity index is 2.01. The number of rotatable bonds is 5. The van der Waals surface area contributed by atoms with Crippen molar-refractivity contribution in [3.63, 3.8) is 0 Å². The first-order valence-corrected chi connectivity index (χ1v) is 6.80. The zero-order valence-corrected chi connectivity index (χ0v) is 13.2. The second-order valence-corrected chi connectivity index (χ2v) is 4.83. The van der Waals surface area contributed by atoms with Crippen LogP contribution in [0.4, 0.5) is 10.5 Å². The van der Waals surface area contributed by atoms with Gasteiger partial charge in [-0.15, -0.1) is 0 Å². The van der Waals surface area contributed by atoms with Gasteiger partial charge in [-0.25, -0.2) is 4.79 Å². The number of carbonyl (C=O) groups excluding carboxylic acids is 1. The monoisotopic (exact) mass is 325 g/mol. The van der Waals surface area contributed by atoms with Gasteiger partial charge in [0.15, 0.2) is 11.5 Å². The van der Waals surface area contributed by atoms with E-state index in [1.54, 1.807) is 25.1 Å². The average molecular weight is 326 g/mol. The second kappa shape index (κ2) is 7.04. The highest BCUT2D eigenvalue weighted by molar-refractivity contribution is 6.34. The summed E-state index contributed by atoms with van der Waals surface area (Å²) in [5.74, 6) is 1.63. The number of benzene rings is 1. The maximum absolute atomic E-state index is 11.9. The molecule has 1 heterocycles. The third-order valence-corrected chi connectivity index (χ3v) is 3.14. The van der Waals surface area contributed by atoms with Gasteiger partial charge in [0, 0.05) is 18.2 Å². The Kier molecular flexibility index (Phi) is 5.11. The third-order valence-electron chi connectivity index (χ3n) is 2.83. The van der Waals surface area contributed by atoms with Gasteiger partial charge in [-0.05, 0) is 6.92 Å². The number of methoxy groups -OCH3 is 2. The highest BCUT2D eigenvalue weighted by Gasteiger charge is 2.12. The lowest BCUT2D eigenvalue weighted by molar-refractivity contribution is 0.251. The van der Waals surface area contributed by atoms with E-state index in [1.165, 1.54) is 14.2 Å². The number of aromatic nitrogens is 1. The fourth-order valence-corrected chi connectivity index (χ4v) is 1.99. The summed E-state index contributed by atoms with van der Waals surface area (Å²) in [6.07, 6.45) is 0. The van der Waals surface area contributed by atoms with E-state index >= 15 is 0 Å². The highest BCUT2D eigenvalue weighted by Crippen LogP contribution is 2.35. The second-order valence-electron chi connectivity index (χ2n) is 4.42. The normalized spacial score (nSPS) is 10.2. The van der Waals surface area contributed by atoms with Crippen molar-refractivity contribution in [1.82, 2.24) is 10.5 Å². The number of nitrogens with one attached hydrogen (secondary N) is 2. The predicted molar refractivity (Wildman–Crippen MR) is 81.7 cm³/mol. The number of amides is 2. The van der Waals surface area contributed by atoms with Crippen LogP contribution in [0.3, 0.4) is 0 Å². The molecule has 2 N–H and O–H groups in total. The number of hydrogen-bond acceptors (Lipinski definition) is 5. The number of nitrogens with zero attached hydrogens (tertiary/aromatic N) is 1. The minimum atomic E-state index is -0.422. The molecule has 0 spiro atoms. The number of aryl methyl sites for hydroxylation is 1. The number of halogens is 1. The predicted octanol–water partition coefficient (Wildman–Crippen LogP) is 2.98. The number of hydrogen-bond donors (Lipinski definition) is 2. The van der Waals surface area contributed by atoms with Crippen molar-refractivity contribution in [3.05, 3.63) is 34.7 Å². The van der Waals surface area contributed by atoms with Crippen LogP contribution in [0.5, 0.6) is 11.5 Å². The molecular formula is C14H16ClN3O4. The SMILES string of the molecule is COc1cc(Cl)c(NC(=O)NCc2cc(C)on2)cc1OC. The Hall–Kier alpha value is -2.41.